The van der Waals surface area contributed by atoms with E-state index < -0.39 is 29.6 Å². The third-order valence-corrected chi connectivity index (χ3v) is 8.78. The summed E-state index contributed by atoms with van der Waals surface area (Å²) in [5.41, 5.74) is 1.28. The summed E-state index contributed by atoms with van der Waals surface area (Å²) in [6.07, 6.45) is 2.79. The largest absolute Gasteiger partial charge is 0.441 e. The van der Waals surface area contributed by atoms with Crippen LogP contribution in [0.1, 0.15) is 43.4 Å². The first-order chi connectivity index (χ1) is 22.0. The molecule has 3 amide bonds. The first-order valence-electron chi connectivity index (χ1n) is 15.0. The van der Waals surface area contributed by atoms with Gasteiger partial charge in [0.2, 0.25) is 11.8 Å². The minimum Gasteiger partial charge on any atom is -0.441 e. The van der Waals surface area contributed by atoms with Crippen molar-refractivity contribution in [2.24, 2.45) is 5.92 Å². The van der Waals surface area contributed by atoms with Crippen molar-refractivity contribution >= 4 is 51.0 Å². The van der Waals surface area contributed by atoms with Crippen molar-refractivity contribution in [1.29, 1.82) is 0 Å². The topological polar surface area (TPSA) is 128 Å². The Morgan fingerprint density at radius 3 is 2.52 bits per heavy atom. The van der Waals surface area contributed by atoms with E-state index in [9.17, 15) is 29.4 Å². The molecule has 0 radical (unpaired) electrons. The number of carbonyl (C=O) groups excluding carboxylic acids is 4. The van der Waals surface area contributed by atoms with Gasteiger partial charge in [0.1, 0.15) is 0 Å². The highest BCUT2D eigenvalue weighted by Gasteiger charge is 2.52. The summed E-state index contributed by atoms with van der Waals surface area (Å²) in [6, 6.07) is 21.9. The second-order valence-electron chi connectivity index (χ2n) is 11.5. The number of β-lactam (4-membered cyclic amide) rings is 1. The monoisotopic (exact) mass is 689 g/mol. The molecule has 0 aromatic heterocycles. The van der Waals surface area contributed by atoms with E-state index in [-0.39, 0.29) is 44.4 Å². The van der Waals surface area contributed by atoms with Crippen LogP contribution < -0.4 is 9.80 Å². The van der Waals surface area contributed by atoms with Crippen molar-refractivity contribution in [3.05, 3.63) is 106 Å². The van der Waals surface area contributed by atoms with E-state index in [0.717, 1.165) is 5.56 Å². The van der Waals surface area contributed by atoms with E-state index in [2.05, 4.69) is 15.9 Å². The average molecular weight is 691 g/mol. The second-order valence-corrected chi connectivity index (χ2v) is 12.4. The fourth-order valence-electron chi connectivity index (χ4n) is 5.90. The molecule has 1 fully saturated rings. The Bertz CT molecular complexity index is 1660. The molecule has 2 heterocycles. The number of carbonyl (C=O) groups is 4. The predicted molar refractivity (Wildman–Crippen MR) is 175 cm³/mol. The highest BCUT2D eigenvalue weighted by atomic mass is 79.9. The van der Waals surface area contributed by atoms with Gasteiger partial charge in [0.05, 0.1) is 25.3 Å². The van der Waals surface area contributed by atoms with Gasteiger partial charge in [-0.1, -0.05) is 77.5 Å². The number of ether oxygens (including phenoxy) is 1. The molecule has 1 unspecified atom stereocenters. The number of amides is 3. The van der Waals surface area contributed by atoms with Gasteiger partial charge < -0.3 is 24.7 Å². The van der Waals surface area contributed by atoms with E-state index in [0.29, 0.717) is 33.5 Å². The molecule has 0 bridgehead atoms. The zero-order valence-electron chi connectivity index (χ0n) is 25.6. The molecule has 5 rings (SSSR count). The van der Waals surface area contributed by atoms with E-state index >= 15 is 0 Å². The third kappa shape index (κ3) is 6.76. The molecule has 240 valence electrons. The van der Waals surface area contributed by atoms with Gasteiger partial charge in [-0.05, 0) is 41.5 Å². The van der Waals surface area contributed by atoms with Crippen molar-refractivity contribution in [3.63, 3.8) is 0 Å². The molecule has 2 N–H and O–H groups in total. The molecule has 0 spiro atoms. The van der Waals surface area contributed by atoms with Crippen molar-refractivity contribution in [2.45, 2.75) is 51.6 Å². The van der Waals surface area contributed by atoms with Gasteiger partial charge in [0.15, 0.2) is 11.8 Å². The number of halogens is 1. The molecule has 0 saturated carbocycles. The van der Waals surface area contributed by atoms with Crippen LogP contribution in [-0.4, -0.2) is 58.2 Å². The summed E-state index contributed by atoms with van der Waals surface area (Å²) < 4.78 is 5.94. The molecule has 10 nitrogen and oxygen atoms in total. The maximum atomic E-state index is 14.0. The number of fused-ring (bicyclic) bond motifs is 1. The number of esters is 1. The van der Waals surface area contributed by atoms with Gasteiger partial charge in [-0.25, -0.2) is 0 Å². The maximum absolute atomic E-state index is 14.0. The van der Waals surface area contributed by atoms with Crippen molar-refractivity contribution in [3.8, 4) is 0 Å². The lowest BCUT2D eigenvalue weighted by Crippen LogP contribution is -2.54. The highest BCUT2D eigenvalue weighted by molar-refractivity contribution is 9.10. The minimum atomic E-state index is -1.90. The lowest BCUT2D eigenvalue weighted by Gasteiger charge is -2.39. The van der Waals surface area contributed by atoms with Gasteiger partial charge in [0.25, 0.3) is 5.91 Å². The van der Waals surface area contributed by atoms with Crippen molar-refractivity contribution < 1.29 is 34.1 Å². The van der Waals surface area contributed by atoms with Crippen LogP contribution in [0.25, 0.3) is 0 Å². The predicted octanol–water partition coefficient (Wildman–Crippen LogP) is 4.41. The Kier molecular flexibility index (Phi) is 10.0. The number of nitrogens with zero attached hydrogens (tertiary/aromatic N) is 3. The fourth-order valence-corrected chi connectivity index (χ4v) is 6.27. The van der Waals surface area contributed by atoms with Gasteiger partial charge >= 0.3 is 5.97 Å². The lowest BCUT2D eigenvalue weighted by atomic mass is 9.83. The number of hydrogen-bond donors (Lipinski definition) is 2. The molecule has 46 heavy (non-hydrogen) atoms. The Hall–Kier alpha value is -4.32. The van der Waals surface area contributed by atoms with Crippen LogP contribution in [0.5, 0.6) is 0 Å². The molecule has 2 aliphatic rings. The lowest BCUT2D eigenvalue weighted by molar-refractivity contribution is -0.154. The summed E-state index contributed by atoms with van der Waals surface area (Å²) in [4.78, 5) is 55.4. The van der Waals surface area contributed by atoms with E-state index in [1.165, 1.54) is 16.7 Å². The second kappa shape index (κ2) is 14.0. The fraction of sp³-hybridized carbons (Fsp3) is 0.314. The Balaban J connectivity index is 1.34. The summed E-state index contributed by atoms with van der Waals surface area (Å²) >= 11 is 3.47. The minimum absolute atomic E-state index is 0.0346. The number of benzene rings is 3. The summed E-state index contributed by atoms with van der Waals surface area (Å²) in [5.74, 6) is -2.05. The Labute approximate surface area is 276 Å². The quantitative estimate of drug-likeness (QED) is 0.164. The molecule has 3 aromatic carbocycles. The zero-order valence-corrected chi connectivity index (χ0v) is 27.2. The zero-order chi connectivity index (χ0) is 33.0. The van der Waals surface area contributed by atoms with Gasteiger partial charge in [-0.2, -0.15) is 0 Å². The smallest absolute Gasteiger partial charge is 0.304 e. The number of anilines is 2. The normalized spacial score (nSPS) is 19.6. The van der Waals surface area contributed by atoms with E-state index in [4.69, 9.17) is 4.74 Å². The highest BCUT2D eigenvalue weighted by Crippen LogP contribution is 2.47. The Morgan fingerprint density at radius 1 is 1.09 bits per heavy atom. The van der Waals surface area contributed by atoms with E-state index in [1.54, 1.807) is 60.4 Å². The van der Waals surface area contributed by atoms with Gasteiger partial charge in [0, 0.05) is 48.1 Å². The first-order valence-corrected chi connectivity index (χ1v) is 15.8. The van der Waals surface area contributed by atoms with Gasteiger partial charge in [-0.15, -0.1) is 0 Å². The van der Waals surface area contributed by atoms with Crippen LogP contribution in [0.2, 0.25) is 0 Å². The number of aliphatic hydroxyl groups excluding tert-OH is 1. The van der Waals surface area contributed by atoms with Crippen LogP contribution >= 0.6 is 15.9 Å². The van der Waals surface area contributed by atoms with Crippen LogP contribution in [0.4, 0.5) is 11.4 Å². The maximum Gasteiger partial charge on any atom is 0.304 e. The number of rotatable bonds is 12. The van der Waals surface area contributed by atoms with Gasteiger partial charge in [-0.3, -0.25) is 24.1 Å². The van der Waals surface area contributed by atoms with Crippen LogP contribution in [-0.2, 0) is 42.6 Å². The SMILES string of the molecule is CC(=O)OC1CC(=O)N1c1cccc(CN2C(=O)[C@@](O)([C@@H](C)/C=C/CC(=O)N(CCO)Cc3ccccc3)c3cc(Br)ccc32)c1. The van der Waals surface area contributed by atoms with Crippen molar-refractivity contribution in [1.82, 2.24) is 4.90 Å². The summed E-state index contributed by atoms with van der Waals surface area (Å²) in [5, 5.41) is 21.6. The molecule has 0 aliphatic carbocycles. The van der Waals surface area contributed by atoms with Crippen LogP contribution in [0, 0.1) is 5.92 Å². The summed E-state index contributed by atoms with van der Waals surface area (Å²) in [7, 11) is 0. The molecule has 3 aromatic rings. The molecular formula is C35H36BrN3O7. The molecule has 1 saturated heterocycles. The number of aliphatic hydroxyl groups is 2. The summed E-state index contributed by atoms with van der Waals surface area (Å²) in [6.45, 7) is 3.52. The molecule has 2 aliphatic heterocycles. The third-order valence-electron chi connectivity index (χ3n) is 8.28. The van der Waals surface area contributed by atoms with Crippen LogP contribution in [0.3, 0.4) is 0 Å². The Morgan fingerprint density at radius 2 is 1.83 bits per heavy atom. The average Bonchev–Trinajstić information content (AvgIpc) is 3.22. The first kappa shape index (κ1) is 33.1. The van der Waals surface area contributed by atoms with Crippen molar-refractivity contribution in [2.75, 3.05) is 23.0 Å². The molecule has 11 heteroatoms. The standard InChI is InChI=1S/C35H36BrN3O7/c1-23(8-6-13-31(42)37(16-17-40)21-25-9-4-3-5-10-25)35(45)29-19-27(36)14-15-30(29)38(34(35)44)22-26-11-7-12-28(18-26)39-32(43)20-33(39)46-24(2)41/h3-12,14-15,18-19,23,33,40,45H,13,16-17,20-22H2,1-2H3/b8-6+/t23-,33?,35+/m0/s1. The number of hydrogen-bond acceptors (Lipinski definition) is 7. The molecule has 3 atom stereocenters. The van der Waals surface area contributed by atoms with E-state index in [1.807, 2.05) is 36.4 Å². The molecular weight excluding hydrogens is 654 g/mol. The van der Waals surface area contributed by atoms with Crippen LogP contribution in [0.15, 0.2) is 89.4 Å².